The molecule has 2 heterocycles. The van der Waals surface area contributed by atoms with Crippen molar-refractivity contribution in [1.82, 2.24) is 9.55 Å². The van der Waals surface area contributed by atoms with Crippen molar-refractivity contribution < 1.29 is 4.79 Å². The van der Waals surface area contributed by atoms with E-state index >= 15 is 0 Å². The molecule has 150 valence electrons. The van der Waals surface area contributed by atoms with Gasteiger partial charge in [0.05, 0.1) is 21.2 Å². The summed E-state index contributed by atoms with van der Waals surface area (Å²) in [6.45, 7) is 4.12. The molecule has 0 amide bonds. The maximum Gasteiger partial charge on any atom is 0.263 e. The van der Waals surface area contributed by atoms with Gasteiger partial charge >= 0.3 is 0 Å². The van der Waals surface area contributed by atoms with Crippen molar-refractivity contribution in [1.29, 1.82) is 0 Å². The summed E-state index contributed by atoms with van der Waals surface area (Å²) in [5.41, 5.74) is 1.60. The predicted octanol–water partition coefficient (Wildman–Crippen LogP) is 5.80. The summed E-state index contributed by atoms with van der Waals surface area (Å²) in [7, 11) is 0. The number of allylic oxidation sites excluding steroid dienone is 1. The first-order valence-corrected chi connectivity index (χ1v) is 11.8. The quantitative estimate of drug-likeness (QED) is 0.200. The number of hydrogen-bond acceptors (Lipinski definition) is 5. The lowest BCUT2D eigenvalue weighted by Crippen LogP contribution is -2.23. The molecule has 4 rings (SSSR count). The molecule has 1 aliphatic rings. The van der Waals surface area contributed by atoms with Gasteiger partial charge in [-0.25, -0.2) is 4.98 Å². The Kier molecular flexibility index (Phi) is 6.16. The monoisotopic (exact) mass is 464 g/mol. The number of hydrogen-bond donors (Lipinski definition) is 0. The van der Waals surface area contributed by atoms with Gasteiger partial charge < -0.3 is 0 Å². The van der Waals surface area contributed by atoms with Gasteiger partial charge in [-0.3, -0.25) is 14.2 Å². The number of rotatable bonds is 6. The van der Waals surface area contributed by atoms with Crippen LogP contribution in [0.1, 0.15) is 33.6 Å². The SMILES string of the molecule is C=CCn1c(SCC(=O)c2ccc(Cl)c(Cl)c2)nc2sc3c(c2c1=O)CCCC3. The molecule has 3 aromatic rings. The Morgan fingerprint density at radius 3 is 2.83 bits per heavy atom. The molecule has 0 saturated heterocycles. The maximum absolute atomic E-state index is 13.2. The number of carbonyl (C=O) groups is 1. The number of thioether (sulfide) groups is 1. The van der Waals surface area contributed by atoms with E-state index in [1.54, 1.807) is 40.2 Å². The third-order valence-electron chi connectivity index (χ3n) is 4.93. The third-order valence-corrected chi connectivity index (χ3v) is 7.83. The average Bonchev–Trinajstić information content (AvgIpc) is 3.09. The first kappa shape index (κ1) is 20.7. The van der Waals surface area contributed by atoms with E-state index in [-0.39, 0.29) is 17.1 Å². The summed E-state index contributed by atoms with van der Waals surface area (Å²) < 4.78 is 1.61. The van der Waals surface area contributed by atoms with Crippen molar-refractivity contribution >= 4 is 62.3 Å². The van der Waals surface area contributed by atoms with E-state index in [2.05, 4.69) is 6.58 Å². The molecule has 0 unspecified atom stereocenters. The van der Waals surface area contributed by atoms with Gasteiger partial charge in [0.2, 0.25) is 0 Å². The molecule has 1 aromatic carbocycles. The van der Waals surface area contributed by atoms with Crippen molar-refractivity contribution in [2.45, 2.75) is 37.4 Å². The molecule has 4 nitrogen and oxygen atoms in total. The Hall–Kier alpha value is -1.60. The Labute approximate surface area is 186 Å². The van der Waals surface area contributed by atoms with Crippen LogP contribution in [-0.4, -0.2) is 21.1 Å². The smallest absolute Gasteiger partial charge is 0.263 e. The number of ketones is 1. The summed E-state index contributed by atoms with van der Waals surface area (Å²) in [4.78, 5) is 32.6. The second-order valence-electron chi connectivity index (χ2n) is 6.83. The number of benzene rings is 1. The fourth-order valence-electron chi connectivity index (χ4n) is 3.50. The number of halogens is 2. The highest BCUT2D eigenvalue weighted by Crippen LogP contribution is 2.35. The van der Waals surface area contributed by atoms with Crippen LogP contribution in [0.25, 0.3) is 10.2 Å². The van der Waals surface area contributed by atoms with Crippen LogP contribution in [0.15, 0.2) is 40.8 Å². The normalized spacial score (nSPS) is 13.4. The summed E-state index contributed by atoms with van der Waals surface area (Å²) in [5, 5.41) is 2.03. The number of fused-ring (bicyclic) bond motifs is 3. The van der Waals surface area contributed by atoms with Gasteiger partial charge in [-0.15, -0.1) is 17.9 Å². The summed E-state index contributed by atoms with van der Waals surface area (Å²) in [6.07, 6.45) is 5.88. The zero-order valence-electron chi connectivity index (χ0n) is 15.5. The van der Waals surface area contributed by atoms with Gasteiger partial charge in [0.1, 0.15) is 4.83 Å². The molecule has 0 spiro atoms. The molecular weight excluding hydrogens is 447 g/mol. The van der Waals surface area contributed by atoms with Crippen LogP contribution in [0.2, 0.25) is 10.0 Å². The molecule has 0 atom stereocenters. The van der Waals surface area contributed by atoms with E-state index in [1.165, 1.54) is 16.6 Å². The largest absolute Gasteiger partial charge is 0.293 e. The standard InChI is InChI=1S/C21H18Cl2N2O2S2/c1-2-9-25-20(27)18-13-5-3-4-6-17(13)29-19(18)24-21(25)28-11-16(26)12-7-8-14(22)15(23)10-12/h2,7-8,10H,1,3-6,9,11H2. The van der Waals surface area contributed by atoms with Gasteiger partial charge in [-0.2, -0.15) is 0 Å². The summed E-state index contributed by atoms with van der Waals surface area (Å²) in [5.74, 6) is 0.0524. The molecule has 0 radical (unpaired) electrons. The van der Waals surface area contributed by atoms with Crippen LogP contribution >= 0.6 is 46.3 Å². The fraction of sp³-hybridized carbons (Fsp3) is 0.286. The molecule has 2 aromatic heterocycles. The average molecular weight is 465 g/mol. The second kappa shape index (κ2) is 8.64. The minimum Gasteiger partial charge on any atom is -0.293 e. The van der Waals surface area contributed by atoms with Crippen LogP contribution < -0.4 is 5.56 Å². The molecule has 1 aliphatic carbocycles. The van der Waals surface area contributed by atoms with E-state index in [0.717, 1.165) is 41.5 Å². The zero-order valence-corrected chi connectivity index (χ0v) is 18.7. The molecule has 29 heavy (non-hydrogen) atoms. The lowest BCUT2D eigenvalue weighted by molar-refractivity contribution is 0.102. The molecule has 0 bridgehead atoms. The topological polar surface area (TPSA) is 52.0 Å². The lowest BCUT2D eigenvalue weighted by atomic mass is 9.97. The van der Waals surface area contributed by atoms with E-state index < -0.39 is 0 Å². The number of carbonyl (C=O) groups excluding carboxylic acids is 1. The summed E-state index contributed by atoms with van der Waals surface area (Å²) >= 11 is 14.8. The Bertz CT molecular complexity index is 1180. The number of nitrogens with zero attached hydrogens (tertiary/aromatic N) is 2. The van der Waals surface area contributed by atoms with Crippen molar-refractivity contribution in [2.24, 2.45) is 0 Å². The Morgan fingerprint density at radius 2 is 2.07 bits per heavy atom. The number of thiophene rings is 1. The first-order valence-electron chi connectivity index (χ1n) is 9.26. The van der Waals surface area contributed by atoms with Crippen molar-refractivity contribution in [3.8, 4) is 0 Å². The first-order chi connectivity index (χ1) is 14.0. The van der Waals surface area contributed by atoms with Gasteiger partial charge in [0.15, 0.2) is 10.9 Å². The lowest BCUT2D eigenvalue weighted by Gasteiger charge is -2.12. The van der Waals surface area contributed by atoms with E-state index in [9.17, 15) is 9.59 Å². The highest BCUT2D eigenvalue weighted by Gasteiger charge is 2.22. The fourth-order valence-corrected chi connectivity index (χ4v) is 6.01. The Morgan fingerprint density at radius 1 is 1.28 bits per heavy atom. The van der Waals surface area contributed by atoms with Gasteiger partial charge in [-0.1, -0.05) is 41.0 Å². The highest BCUT2D eigenvalue weighted by atomic mass is 35.5. The third kappa shape index (κ3) is 4.04. The van der Waals surface area contributed by atoms with Gasteiger partial charge in [0.25, 0.3) is 5.56 Å². The van der Waals surface area contributed by atoms with E-state index in [0.29, 0.717) is 27.3 Å². The zero-order chi connectivity index (χ0) is 20.5. The minimum absolute atomic E-state index is 0.0428. The minimum atomic E-state index is -0.0986. The molecule has 0 saturated carbocycles. The molecule has 0 aliphatic heterocycles. The molecule has 8 heteroatoms. The van der Waals surface area contributed by atoms with E-state index in [4.69, 9.17) is 28.2 Å². The molecule has 0 fully saturated rings. The van der Waals surface area contributed by atoms with Crippen LogP contribution in [0.3, 0.4) is 0 Å². The van der Waals surface area contributed by atoms with Crippen LogP contribution in [0, 0.1) is 0 Å². The van der Waals surface area contributed by atoms with Crippen LogP contribution in [0.4, 0.5) is 0 Å². The molecule has 0 N–H and O–H groups in total. The predicted molar refractivity (Wildman–Crippen MR) is 122 cm³/mol. The number of aryl methyl sites for hydroxylation is 2. The number of aromatic nitrogens is 2. The Balaban J connectivity index is 1.68. The van der Waals surface area contributed by atoms with Gasteiger partial charge in [0, 0.05) is 17.0 Å². The van der Waals surface area contributed by atoms with Crippen molar-refractivity contribution in [3.05, 3.63) is 67.3 Å². The van der Waals surface area contributed by atoms with Gasteiger partial charge in [-0.05, 0) is 49.4 Å². The highest BCUT2D eigenvalue weighted by molar-refractivity contribution is 7.99. The van der Waals surface area contributed by atoms with Crippen LogP contribution in [0.5, 0.6) is 0 Å². The van der Waals surface area contributed by atoms with E-state index in [1.807, 2.05) is 0 Å². The van der Waals surface area contributed by atoms with Crippen LogP contribution in [-0.2, 0) is 19.4 Å². The summed E-state index contributed by atoms with van der Waals surface area (Å²) in [6, 6.07) is 4.82. The maximum atomic E-state index is 13.2. The van der Waals surface area contributed by atoms with Crippen molar-refractivity contribution in [3.63, 3.8) is 0 Å². The molecular formula is C21H18Cl2N2O2S2. The number of Topliss-reactive ketones (excluding diaryl/α,β-unsaturated/α-hetero) is 1. The second-order valence-corrected chi connectivity index (χ2v) is 9.67. The van der Waals surface area contributed by atoms with Crippen molar-refractivity contribution in [2.75, 3.05) is 5.75 Å².